The summed E-state index contributed by atoms with van der Waals surface area (Å²) in [6.07, 6.45) is 0.649. The van der Waals surface area contributed by atoms with Crippen molar-refractivity contribution in [2.24, 2.45) is 5.90 Å². The lowest BCUT2D eigenvalue weighted by molar-refractivity contribution is 0.140. The summed E-state index contributed by atoms with van der Waals surface area (Å²) in [5.74, 6) is 5.25. The minimum Gasteiger partial charge on any atom is -0.508 e. The Morgan fingerprint density at radius 3 is 2.69 bits per heavy atom. The third-order valence-corrected chi connectivity index (χ3v) is 2.31. The van der Waals surface area contributed by atoms with E-state index in [1.807, 2.05) is 19.9 Å². The van der Waals surface area contributed by atoms with Gasteiger partial charge in [-0.3, -0.25) is 0 Å². The number of nitrogens with two attached hydrogens (primary N) is 1. The Labute approximate surface area is 78.1 Å². The van der Waals surface area contributed by atoms with E-state index in [0.29, 0.717) is 18.8 Å². The molecule has 0 heterocycles. The molecule has 3 heteroatoms. The second-order valence-electron chi connectivity index (χ2n) is 3.13. The first kappa shape index (κ1) is 10.0. The van der Waals surface area contributed by atoms with E-state index in [9.17, 15) is 5.11 Å². The zero-order valence-corrected chi connectivity index (χ0v) is 8.00. The maximum atomic E-state index is 9.55. The molecule has 0 aliphatic rings. The van der Waals surface area contributed by atoms with Gasteiger partial charge < -0.3 is 9.94 Å². The third-order valence-electron chi connectivity index (χ3n) is 2.31. The van der Waals surface area contributed by atoms with Crippen molar-refractivity contribution in [3.8, 4) is 5.75 Å². The summed E-state index contributed by atoms with van der Waals surface area (Å²) in [5, 5.41) is 9.55. The molecule has 1 rings (SSSR count). The van der Waals surface area contributed by atoms with Gasteiger partial charge in [0.15, 0.2) is 0 Å². The van der Waals surface area contributed by atoms with Gasteiger partial charge in [0.2, 0.25) is 0 Å². The summed E-state index contributed by atoms with van der Waals surface area (Å²) >= 11 is 0. The number of aromatic hydroxyl groups is 1. The highest BCUT2D eigenvalue weighted by molar-refractivity contribution is 5.43. The van der Waals surface area contributed by atoms with Crippen LogP contribution in [0.3, 0.4) is 0 Å². The number of benzene rings is 1. The molecule has 0 fully saturated rings. The molecule has 0 radical (unpaired) electrons. The molecule has 3 nitrogen and oxygen atoms in total. The van der Waals surface area contributed by atoms with E-state index in [2.05, 4.69) is 4.84 Å². The molecule has 1 aromatic carbocycles. The average molecular weight is 181 g/mol. The van der Waals surface area contributed by atoms with Crippen molar-refractivity contribution in [1.82, 2.24) is 0 Å². The molecule has 3 N–H and O–H groups in total. The maximum absolute atomic E-state index is 9.55. The van der Waals surface area contributed by atoms with Crippen LogP contribution in [-0.4, -0.2) is 11.7 Å². The SMILES string of the molecule is Cc1ccc(O)c(CCON)c1C. The smallest absolute Gasteiger partial charge is 0.119 e. The lowest BCUT2D eigenvalue weighted by Gasteiger charge is -2.09. The van der Waals surface area contributed by atoms with E-state index < -0.39 is 0 Å². The zero-order chi connectivity index (χ0) is 9.84. The second kappa shape index (κ2) is 4.25. The summed E-state index contributed by atoms with van der Waals surface area (Å²) in [7, 11) is 0. The summed E-state index contributed by atoms with van der Waals surface area (Å²) in [4.78, 5) is 4.48. The van der Waals surface area contributed by atoms with Crippen LogP contribution in [0.25, 0.3) is 0 Å². The van der Waals surface area contributed by atoms with Crippen LogP contribution in [0, 0.1) is 13.8 Å². The van der Waals surface area contributed by atoms with Gasteiger partial charge in [0.1, 0.15) is 5.75 Å². The van der Waals surface area contributed by atoms with Gasteiger partial charge in [-0.25, -0.2) is 5.90 Å². The highest BCUT2D eigenvalue weighted by atomic mass is 16.6. The topological polar surface area (TPSA) is 55.5 Å². The molecule has 0 saturated carbocycles. The van der Waals surface area contributed by atoms with Crippen LogP contribution >= 0.6 is 0 Å². The first-order valence-corrected chi connectivity index (χ1v) is 4.26. The first-order valence-electron chi connectivity index (χ1n) is 4.26. The Bertz CT molecular complexity index is 297. The average Bonchev–Trinajstić information content (AvgIpc) is 2.12. The van der Waals surface area contributed by atoms with E-state index in [1.165, 1.54) is 5.56 Å². The Balaban J connectivity index is 2.96. The Hall–Kier alpha value is -1.06. The molecular formula is C10H15NO2. The monoisotopic (exact) mass is 181 g/mol. The molecule has 0 unspecified atom stereocenters. The summed E-state index contributed by atoms with van der Waals surface area (Å²) in [6.45, 7) is 4.43. The van der Waals surface area contributed by atoms with Crippen molar-refractivity contribution < 1.29 is 9.94 Å². The third kappa shape index (κ3) is 2.20. The van der Waals surface area contributed by atoms with Gasteiger partial charge in [0, 0.05) is 6.42 Å². The van der Waals surface area contributed by atoms with Gasteiger partial charge in [-0.1, -0.05) is 6.07 Å². The molecule has 0 bridgehead atoms. The maximum Gasteiger partial charge on any atom is 0.119 e. The molecule has 0 aliphatic heterocycles. The minimum absolute atomic E-state index is 0.320. The quantitative estimate of drug-likeness (QED) is 0.694. The number of hydrogen-bond acceptors (Lipinski definition) is 3. The van der Waals surface area contributed by atoms with E-state index >= 15 is 0 Å². The van der Waals surface area contributed by atoms with Crippen molar-refractivity contribution >= 4 is 0 Å². The second-order valence-corrected chi connectivity index (χ2v) is 3.13. The fourth-order valence-electron chi connectivity index (χ4n) is 1.34. The summed E-state index contributed by atoms with van der Waals surface area (Å²) in [5.41, 5.74) is 3.20. The van der Waals surface area contributed by atoms with Crippen molar-refractivity contribution in [3.05, 3.63) is 28.8 Å². The van der Waals surface area contributed by atoms with Crippen LogP contribution in [0.4, 0.5) is 0 Å². The van der Waals surface area contributed by atoms with E-state index in [4.69, 9.17) is 5.90 Å². The first-order chi connectivity index (χ1) is 6.16. The van der Waals surface area contributed by atoms with E-state index in [-0.39, 0.29) is 0 Å². The van der Waals surface area contributed by atoms with Gasteiger partial charge in [0.25, 0.3) is 0 Å². The predicted octanol–water partition coefficient (Wildman–Crippen LogP) is 1.44. The van der Waals surface area contributed by atoms with Crippen LogP contribution in [0.1, 0.15) is 16.7 Å². The Kier molecular flexibility index (Phi) is 3.28. The molecule has 0 spiro atoms. The van der Waals surface area contributed by atoms with Gasteiger partial charge in [0.05, 0.1) is 6.61 Å². The molecule has 13 heavy (non-hydrogen) atoms. The summed E-state index contributed by atoms with van der Waals surface area (Å²) < 4.78 is 0. The van der Waals surface area contributed by atoms with Gasteiger partial charge in [-0.15, -0.1) is 0 Å². The minimum atomic E-state index is 0.320. The zero-order valence-electron chi connectivity index (χ0n) is 8.00. The van der Waals surface area contributed by atoms with Crippen LogP contribution < -0.4 is 5.90 Å². The molecule has 0 aromatic heterocycles. The molecule has 0 atom stereocenters. The Morgan fingerprint density at radius 2 is 2.08 bits per heavy atom. The number of phenolic OH excluding ortho intramolecular Hbond substituents is 1. The molecule has 1 aromatic rings. The normalized spacial score (nSPS) is 10.4. The standard InChI is InChI=1S/C10H15NO2/c1-7-3-4-10(12)9(8(7)2)5-6-13-11/h3-4,12H,5-6,11H2,1-2H3. The number of phenols is 1. The number of hydrogen-bond donors (Lipinski definition) is 2. The van der Waals surface area contributed by atoms with Gasteiger partial charge in [-0.2, -0.15) is 0 Å². The van der Waals surface area contributed by atoms with Gasteiger partial charge >= 0.3 is 0 Å². The highest BCUT2D eigenvalue weighted by Crippen LogP contribution is 2.23. The fraction of sp³-hybridized carbons (Fsp3) is 0.400. The van der Waals surface area contributed by atoms with Crippen molar-refractivity contribution in [1.29, 1.82) is 0 Å². The number of rotatable bonds is 3. The predicted molar refractivity (Wildman–Crippen MR) is 51.4 cm³/mol. The molecule has 0 aliphatic carbocycles. The van der Waals surface area contributed by atoms with Crippen LogP contribution in [0.15, 0.2) is 12.1 Å². The fourth-order valence-corrected chi connectivity index (χ4v) is 1.34. The molecule has 72 valence electrons. The van der Waals surface area contributed by atoms with Crippen LogP contribution in [0.2, 0.25) is 0 Å². The van der Waals surface area contributed by atoms with Crippen LogP contribution in [0.5, 0.6) is 5.75 Å². The van der Waals surface area contributed by atoms with Crippen molar-refractivity contribution in [3.63, 3.8) is 0 Å². The van der Waals surface area contributed by atoms with E-state index in [0.717, 1.165) is 11.1 Å². The lowest BCUT2D eigenvalue weighted by atomic mass is 10.0. The van der Waals surface area contributed by atoms with E-state index in [1.54, 1.807) is 6.07 Å². The van der Waals surface area contributed by atoms with Gasteiger partial charge in [-0.05, 0) is 36.6 Å². The number of aryl methyl sites for hydroxylation is 1. The largest absolute Gasteiger partial charge is 0.508 e. The highest BCUT2D eigenvalue weighted by Gasteiger charge is 2.06. The summed E-state index contributed by atoms with van der Waals surface area (Å²) in [6, 6.07) is 3.60. The molecule has 0 saturated heterocycles. The molecule has 0 amide bonds. The van der Waals surface area contributed by atoms with Crippen molar-refractivity contribution in [2.45, 2.75) is 20.3 Å². The molecular weight excluding hydrogens is 166 g/mol. The van der Waals surface area contributed by atoms with Crippen LogP contribution in [-0.2, 0) is 11.3 Å². The Morgan fingerprint density at radius 1 is 1.38 bits per heavy atom. The lowest BCUT2D eigenvalue weighted by Crippen LogP contribution is -2.05. The van der Waals surface area contributed by atoms with Crippen molar-refractivity contribution in [2.75, 3.05) is 6.61 Å².